The molecule has 2 heterocycles. The van der Waals surface area contributed by atoms with Crippen molar-refractivity contribution in [2.24, 2.45) is 0 Å². The van der Waals surface area contributed by atoms with Crippen molar-refractivity contribution in [1.29, 1.82) is 0 Å². The normalized spacial score (nSPS) is 10.4. The van der Waals surface area contributed by atoms with E-state index in [2.05, 4.69) is 16.7 Å². The molecule has 0 saturated heterocycles. The lowest BCUT2D eigenvalue weighted by Crippen LogP contribution is -1.82. The highest BCUT2D eigenvalue weighted by molar-refractivity contribution is 5.50. The van der Waals surface area contributed by atoms with E-state index in [-0.39, 0.29) is 0 Å². The van der Waals surface area contributed by atoms with Crippen LogP contribution in [0.4, 0.5) is 0 Å². The van der Waals surface area contributed by atoms with Crippen LogP contribution in [0.5, 0.6) is 0 Å². The molecule has 4 heteroatoms. The Morgan fingerprint density at radius 3 is 3.20 bits per heavy atom. The molecule has 0 bridgehead atoms. The van der Waals surface area contributed by atoms with E-state index in [9.17, 15) is 0 Å². The van der Waals surface area contributed by atoms with Gasteiger partial charge in [0, 0.05) is 0 Å². The van der Waals surface area contributed by atoms with Gasteiger partial charge in [0.25, 0.3) is 0 Å². The number of nitrogens with zero attached hydrogens (tertiary/aromatic N) is 3. The van der Waals surface area contributed by atoms with Crippen molar-refractivity contribution in [3.05, 3.63) is 19.0 Å². The molecule has 0 unspecified atom stereocenters. The topological polar surface area (TPSA) is 43.9 Å². The molecule has 0 saturated carbocycles. The second kappa shape index (κ2) is 1.70. The molecule has 0 N–H and O–H groups in total. The Morgan fingerprint density at radius 1 is 1.60 bits per heavy atom. The third-order valence-corrected chi connectivity index (χ3v) is 1.20. The van der Waals surface area contributed by atoms with Crippen molar-refractivity contribution in [3.63, 3.8) is 0 Å². The molecule has 4 nitrogen and oxygen atoms in total. The molecule has 10 heavy (non-hydrogen) atoms. The summed E-state index contributed by atoms with van der Waals surface area (Å²) in [7, 11) is 0. The molecular weight excluding hydrogens is 130 g/mol. The van der Waals surface area contributed by atoms with E-state index < -0.39 is 0 Å². The Labute approximate surface area is 57.1 Å². The Hall–Kier alpha value is -1.58. The summed E-state index contributed by atoms with van der Waals surface area (Å²) in [6, 6.07) is 0. The maximum Gasteiger partial charge on any atom is 0.205 e. The summed E-state index contributed by atoms with van der Waals surface area (Å²) in [6.45, 7) is 3.49. The molecule has 0 radical (unpaired) electrons. The van der Waals surface area contributed by atoms with Crippen LogP contribution in [0.15, 0.2) is 23.5 Å². The van der Waals surface area contributed by atoms with Gasteiger partial charge in [-0.1, -0.05) is 6.58 Å². The van der Waals surface area contributed by atoms with Crippen molar-refractivity contribution in [1.82, 2.24) is 14.9 Å². The third kappa shape index (κ3) is 0.556. The van der Waals surface area contributed by atoms with E-state index in [0.717, 1.165) is 5.69 Å². The zero-order valence-electron chi connectivity index (χ0n) is 5.19. The number of aromatic nitrogens is 3. The minimum Gasteiger partial charge on any atom is -0.354 e. The van der Waals surface area contributed by atoms with Crippen LogP contribution in [0.2, 0.25) is 0 Å². The zero-order chi connectivity index (χ0) is 6.97. The average molecular weight is 135 g/mol. The van der Waals surface area contributed by atoms with Gasteiger partial charge < -0.3 is 4.52 Å². The molecule has 0 fully saturated rings. The Balaban J connectivity index is 2.67. The molecule has 0 spiro atoms. The van der Waals surface area contributed by atoms with Gasteiger partial charge in [-0.3, -0.25) is 4.98 Å². The summed E-state index contributed by atoms with van der Waals surface area (Å²) < 4.78 is 5.08. The Bertz CT molecular complexity index is 296. The minimum absolute atomic E-state index is 0.680. The average Bonchev–Trinajstić information content (AvgIpc) is 2.42. The minimum atomic E-state index is 0.680. The van der Waals surface area contributed by atoms with E-state index in [1.54, 1.807) is 12.4 Å². The number of fused-ring (bicyclic) bond motifs is 1. The van der Waals surface area contributed by atoms with Gasteiger partial charge in [-0.25, -0.2) is 0 Å². The SMILES string of the molecule is C=Cn1nc2cncc-2o1. The van der Waals surface area contributed by atoms with Crippen molar-refractivity contribution < 1.29 is 4.52 Å². The zero-order valence-corrected chi connectivity index (χ0v) is 5.19. The van der Waals surface area contributed by atoms with Crippen LogP contribution in [0, 0.1) is 0 Å². The Morgan fingerprint density at radius 2 is 2.50 bits per heavy atom. The predicted octanol–water partition coefficient (Wildman–Crippen LogP) is 1.08. The number of rotatable bonds is 1. The first-order valence-electron chi connectivity index (χ1n) is 2.82. The summed E-state index contributed by atoms with van der Waals surface area (Å²) in [5.41, 5.74) is 0.750. The smallest absolute Gasteiger partial charge is 0.205 e. The summed E-state index contributed by atoms with van der Waals surface area (Å²) >= 11 is 0. The van der Waals surface area contributed by atoms with Gasteiger partial charge in [0.1, 0.15) is 0 Å². The highest BCUT2D eigenvalue weighted by atomic mass is 16.5. The van der Waals surface area contributed by atoms with Gasteiger partial charge in [0.05, 0.1) is 18.6 Å². The molecule has 0 aromatic heterocycles. The quantitative estimate of drug-likeness (QED) is 0.587. The summed E-state index contributed by atoms with van der Waals surface area (Å²) in [4.78, 5) is 5.13. The highest BCUT2D eigenvalue weighted by Gasteiger charge is 2.09. The first kappa shape index (κ1) is 5.22. The standard InChI is InChI=1S/C6H5N3O/c1-2-9-8-5-3-7-4-6(5)10-9/h2-4H,1H2. The Kier molecular flexibility index (Phi) is 0.887. The lowest BCUT2D eigenvalue weighted by atomic mass is 10.4. The van der Waals surface area contributed by atoms with Crippen LogP contribution in [-0.4, -0.2) is 14.9 Å². The first-order valence-corrected chi connectivity index (χ1v) is 2.82. The maximum atomic E-state index is 5.08. The van der Waals surface area contributed by atoms with Gasteiger partial charge in [0.15, 0.2) is 5.69 Å². The van der Waals surface area contributed by atoms with Gasteiger partial charge in [-0.2, -0.15) is 0 Å². The summed E-state index contributed by atoms with van der Waals surface area (Å²) in [5, 5.41) is 3.96. The van der Waals surface area contributed by atoms with Crippen molar-refractivity contribution in [3.8, 4) is 11.5 Å². The number of hydrogen-bond donors (Lipinski definition) is 0. The van der Waals surface area contributed by atoms with E-state index >= 15 is 0 Å². The van der Waals surface area contributed by atoms with E-state index in [0.29, 0.717) is 5.76 Å². The second-order valence-corrected chi connectivity index (χ2v) is 1.83. The molecule has 0 amide bonds. The largest absolute Gasteiger partial charge is 0.354 e. The molecule has 0 aromatic rings. The molecule has 2 aliphatic rings. The van der Waals surface area contributed by atoms with Crippen molar-refractivity contribution >= 4 is 6.20 Å². The summed E-state index contributed by atoms with van der Waals surface area (Å²) in [5.74, 6) is 0.680. The maximum absolute atomic E-state index is 5.08. The lowest BCUT2D eigenvalue weighted by Gasteiger charge is -1.80. The lowest BCUT2D eigenvalue weighted by molar-refractivity contribution is 0.342. The molecule has 2 rings (SSSR count). The molecule has 50 valence electrons. The van der Waals surface area contributed by atoms with E-state index in [1.165, 1.54) is 11.1 Å². The molecule has 0 atom stereocenters. The van der Waals surface area contributed by atoms with Gasteiger partial charge in [0.2, 0.25) is 5.76 Å². The number of hydrogen-bond acceptors (Lipinski definition) is 3. The molecule has 2 aliphatic heterocycles. The van der Waals surface area contributed by atoms with E-state index in [4.69, 9.17) is 4.52 Å². The van der Waals surface area contributed by atoms with Crippen molar-refractivity contribution in [2.75, 3.05) is 0 Å². The van der Waals surface area contributed by atoms with Gasteiger partial charge in [-0.15, -0.1) is 9.95 Å². The van der Waals surface area contributed by atoms with Crippen LogP contribution < -0.4 is 0 Å². The fourth-order valence-corrected chi connectivity index (χ4v) is 0.756. The van der Waals surface area contributed by atoms with Crippen LogP contribution in [0.25, 0.3) is 17.7 Å². The van der Waals surface area contributed by atoms with E-state index in [1.807, 2.05) is 0 Å². The third-order valence-electron chi connectivity index (χ3n) is 1.20. The van der Waals surface area contributed by atoms with Crippen LogP contribution in [-0.2, 0) is 0 Å². The van der Waals surface area contributed by atoms with Crippen molar-refractivity contribution in [2.45, 2.75) is 0 Å². The van der Waals surface area contributed by atoms with Crippen LogP contribution >= 0.6 is 0 Å². The molecule has 0 aliphatic carbocycles. The van der Waals surface area contributed by atoms with Gasteiger partial charge in [-0.05, 0) is 0 Å². The predicted molar refractivity (Wildman–Crippen MR) is 35.3 cm³/mol. The first-order chi connectivity index (χ1) is 4.90. The monoisotopic (exact) mass is 135 g/mol. The van der Waals surface area contributed by atoms with Crippen LogP contribution in [0.3, 0.4) is 0 Å². The highest BCUT2D eigenvalue weighted by Crippen LogP contribution is 2.17. The fraction of sp³-hybridized carbons (Fsp3) is 0. The molecule has 0 aromatic carbocycles. The van der Waals surface area contributed by atoms with Crippen LogP contribution in [0.1, 0.15) is 0 Å². The summed E-state index contributed by atoms with van der Waals surface area (Å²) in [6.07, 6.45) is 4.74. The second-order valence-electron chi connectivity index (χ2n) is 1.83. The molecular formula is C6H5N3O. The fourth-order valence-electron chi connectivity index (χ4n) is 0.756. The van der Waals surface area contributed by atoms with Gasteiger partial charge >= 0.3 is 0 Å².